The van der Waals surface area contributed by atoms with Gasteiger partial charge in [0.15, 0.2) is 5.82 Å². The molecule has 1 amide bonds. The largest absolute Gasteiger partial charge is 0.394 e. The van der Waals surface area contributed by atoms with Gasteiger partial charge in [0.05, 0.1) is 18.7 Å². The third-order valence-corrected chi connectivity index (χ3v) is 4.32. The Morgan fingerprint density at radius 1 is 1.30 bits per heavy atom. The van der Waals surface area contributed by atoms with Crippen LogP contribution in [0.1, 0.15) is 24.4 Å². The number of hydrogen-bond donors (Lipinski definition) is 2. The summed E-state index contributed by atoms with van der Waals surface area (Å²) in [4.78, 5) is 22.0. The van der Waals surface area contributed by atoms with E-state index in [1.165, 1.54) is 0 Å². The summed E-state index contributed by atoms with van der Waals surface area (Å²) < 4.78 is 0. The molecule has 1 aromatic carbocycles. The van der Waals surface area contributed by atoms with Crippen LogP contribution in [-0.4, -0.2) is 45.1 Å². The molecule has 1 aliphatic rings. The van der Waals surface area contributed by atoms with Crippen molar-refractivity contribution in [1.82, 2.24) is 14.9 Å². The van der Waals surface area contributed by atoms with Gasteiger partial charge in [0.2, 0.25) is 5.91 Å². The molecule has 0 spiro atoms. The lowest BCUT2D eigenvalue weighted by Crippen LogP contribution is -2.43. The van der Waals surface area contributed by atoms with Crippen molar-refractivity contribution >= 4 is 5.91 Å². The molecule has 2 heterocycles. The summed E-state index contributed by atoms with van der Waals surface area (Å²) in [5.74, 6) is 0.339. The van der Waals surface area contributed by atoms with Crippen LogP contribution in [0.25, 0.3) is 11.4 Å². The molecule has 3 N–H and O–H groups in total. The molecule has 1 aromatic heterocycles. The molecule has 6 nitrogen and oxygen atoms in total. The Bertz CT molecular complexity index is 660. The number of carbonyl (C=O) groups excluding carboxylic acids is 1. The number of aromatic nitrogens is 2. The molecule has 1 aliphatic heterocycles. The topological polar surface area (TPSA) is 92.3 Å². The summed E-state index contributed by atoms with van der Waals surface area (Å²) in [7, 11) is 0. The van der Waals surface area contributed by atoms with Crippen molar-refractivity contribution in [3.63, 3.8) is 0 Å². The van der Waals surface area contributed by atoms with Crippen LogP contribution in [0.5, 0.6) is 0 Å². The van der Waals surface area contributed by atoms with Crippen molar-refractivity contribution < 1.29 is 9.90 Å². The van der Waals surface area contributed by atoms with E-state index in [4.69, 9.17) is 5.73 Å². The molecule has 0 bridgehead atoms. The first-order valence-electron chi connectivity index (χ1n) is 7.74. The number of carbonyl (C=O) groups is 1. The third-order valence-electron chi connectivity index (χ3n) is 4.32. The predicted molar refractivity (Wildman–Crippen MR) is 86.2 cm³/mol. The molecule has 0 aliphatic carbocycles. The summed E-state index contributed by atoms with van der Waals surface area (Å²) in [5.41, 5.74) is 7.35. The second kappa shape index (κ2) is 6.85. The van der Waals surface area contributed by atoms with Crippen molar-refractivity contribution in [3.05, 3.63) is 48.3 Å². The maximum Gasteiger partial charge on any atom is 0.234 e. The van der Waals surface area contributed by atoms with Crippen molar-refractivity contribution in [3.8, 4) is 11.4 Å². The average molecular weight is 312 g/mol. The van der Waals surface area contributed by atoms with Gasteiger partial charge in [-0.25, -0.2) is 9.97 Å². The number of primary amides is 1. The quantitative estimate of drug-likeness (QED) is 0.863. The lowest BCUT2D eigenvalue weighted by atomic mass is 10.0. The predicted octanol–water partition coefficient (Wildman–Crippen LogP) is 1.13. The first-order valence-corrected chi connectivity index (χ1v) is 7.74. The number of hydrogen-bond acceptors (Lipinski definition) is 5. The van der Waals surface area contributed by atoms with Gasteiger partial charge >= 0.3 is 0 Å². The van der Waals surface area contributed by atoms with Crippen molar-refractivity contribution in [2.24, 2.45) is 5.73 Å². The second-order valence-electron chi connectivity index (χ2n) is 5.69. The van der Waals surface area contributed by atoms with E-state index in [1.807, 2.05) is 29.2 Å². The summed E-state index contributed by atoms with van der Waals surface area (Å²) in [6.07, 6.45) is 5.07. The minimum absolute atomic E-state index is 0.0506. The monoisotopic (exact) mass is 312 g/mol. The SMILES string of the molecule is NC(=O)C1CCCN1[C@@H](CO)c1ccc(-c2ncccn2)cc1. The van der Waals surface area contributed by atoms with E-state index in [0.717, 1.165) is 30.5 Å². The Morgan fingerprint density at radius 3 is 2.61 bits per heavy atom. The van der Waals surface area contributed by atoms with Crippen LogP contribution in [0.3, 0.4) is 0 Å². The highest BCUT2D eigenvalue weighted by Crippen LogP contribution is 2.30. The van der Waals surface area contributed by atoms with E-state index in [1.54, 1.807) is 18.5 Å². The van der Waals surface area contributed by atoms with Crippen LogP contribution in [-0.2, 0) is 4.79 Å². The Morgan fingerprint density at radius 2 is 2.00 bits per heavy atom. The van der Waals surface area contributed by atoms with Crippen LogP contribution < -0.4 is 5.73 Å². The summed E-state index contributed by atoms with van der Waals surface area (Å²) in [5, 5.41) is 9.81. The van der Waals surface area contributed by atoms with Gasteiger partial charge < -0.3 is 10.8 Å². The molecular weight excluding hydrogens is 292 g/mol. The average Bonchev–Trinajstić information content (AvgIpc) is 3.07. The maximum absolute atomic E-state index is 11.6. The standard InChI is InChI=1S/C17H20N4O2/c18-16(23)14-3-1-10-21(14)15(11-22)12-4-6-13(7-5-12)17-19-8-2-9-20-17/h2,4-9,14-15,22H,1,3,10-11H2,(H2,18,23)/t14?,15-/m0/s1. The molecule has 1 saturated heterocycles. The summed E-state index contributed by atoms with van der Waals surface area (Å²) in [6.45, 7) is 0.716. The third kappa shape index (κ3) is 3.23. The van der Waals surface area contributed by atoms with Crippen molar-refractivity contribution in [2.75, 3.05) is 13.2 Å². The molecule has 1 unspecified atom stereocenters. The lowest BCUT2D eigenvalue weighted by molar-refractivity contribution is -0.123. The van der Waals surface area contributed by atoms with Crippen molar-refractivity contribution in [2.45, 2.75) is 24.9 Å². The second-order valence-corrected chi connectivity index (χ2v) is 5.69. The number of aliphatic hydroxyl groups excluding tert-OH is 1. The van der Waals surface area contributed by atoms with Crippen LogP contribution in [0.2, 0.25) is 0 Å². The summed E-state index contributed by atoms with van der Waals surface area (Å²) in [6, 6.07) is 9.01. The van der Waals surface area contributed by atoms with Gasteiger partial charge in [0.1, 0.15) is 0 Å². The van der Waals surface area contributed by atoms with Gasteiger partial charge in [-0.05, 0) is 31.0 Å². The zero-order valence-corrected chi connectivity index (χ0v) is 12.8. The van der Waals surface area contributed by atoms with Crippen LogP contribution >= 0.6 is 0 Å². The highest BCUT2D eigenvalue weighted by Gasteiger charge is 2.34. The van der Waals surface area contributed by atoms with Gasteiger partial charge in [0.25, 0.3) is 0 Å². The van der Waals surface area contributed by atoms with E-state index >= 15 is 0 Å². The number of nitrogens with zero attached hydrogens (tertiary/aromatic N) is 3. The van der Waals surface area contributed by atoms with Gasteiger partial charge in [-0.15, -0.1) is 0 Å². The van der Waals surface area contributed by atoms with Crippen LogP contribution in [0.4, 0.5) is 0 Å². The highest BCUT2D eigenvalue weighted by atomic mass is 16.3. The first kappa shape index (κ1) is 15.6. The van der Waals surface area contributed by atoms with E-state index < -0.39 is 0 Å². The molecule has 2 atom stereocenters. The fraction of sp³-hybridized carbons (Fsp3) is 0.353. The first-order chi connectivity index (χ1) is 11.2. The van der Waals surface area contributed by atoms with Crippen LogP contribution in [0.15, 0.2) is 42.7 Å². The minimum atomic E-state index is -0.324. The van der Waals surface area contributed by atoms with Crippen LogP contribution in [0, 0.1) is 0 Å². The number of rotatable bonds is 5. The zero-order valence-electron chi connectivity index (χ0n) is 12.8. The van der Waals surface area contributed by atoms with E-state index in [2.05, 4.69) is 9.97 Å². The van der Waals surface area contributed by atoms with Gasteiger partial charge in [-0.1, -0.05) is 24.3 Å². The molecular formula is C17H20N4O2. The zero-order chi connectivity index (χ0) is 16.2. The normalized spacial score (nSPS) is 19.6. The molecule has 6 heteroatoms. The highest BCUT2D eigenvalue weighted by molar-refractivity contribution is 5.80. The Hall–Kier alpha value is -2.31. The van der Waals surface area contributed by atoms with Gasteiger partial charge in [0, 0.05) is 18.0 Å². The maximum atomic E-state index is 11.6. The Kier molecular flexibility index (Phi) is 4.64. The summed E-state index contributed by atoms with van der Waals surface area (Å²) >= 11 is 0. The molecule has 3 rings (SSSR count). The smallest absolute Gasteiger partial charge is 0.234 e. The van der Waals surface area contributed by atoms with Gasteiger partial charge in [-0.2, -0.15) is 0 Å². The lowest BCUT2D eigenvalue weighted by Gasteiger charge is -2.30. The van der Waals surface area contributed by atoms with E-state index in [0.29, 0.717) is 5.82 Å². The number of benzene rings is 1. The molecule has 2 aromatic rings. The number of nitrogens with two attached hydrogens (primary N) is 1. The Labute approximate surface area is 135 Å². The molecule has 0 saturated carbocycles. The molecule has 1 fully saturated rings. The minimum Gasteiger partial charge on any atom is -0.394 e. The molecule has 23 heavy (non-hydrogen) atoms. The van der Waals surface area contributed by atoms with E-state index in [-0.39, 0.29) is 24.6 Å². The van der Waals surface area contributed by atoms with Crippen molar-refractivity contribution in [1.29, 1.82) is 0 Å². The molecule has 120 valence electrons. The van der Waals surface area contributed by atoms with Gasteiger partial charge in [-0.3, -0.25) is 9.69 Å². The number of amides is 1. The Balaban J connectivity index is 1.83. The molecule has 0 radical (unpaired) electrons. The van der Waals surface area contributed by atoms with E-state index in [9.17, 15) is 9.90 Å². The number of likely N-dealkylation sites (tertiary alicyclic amines) is 1. The fourth-order valence-corrected chi connectivity index (χ4v) is 3.17. The fourth-order valence-electron chi connectivity index (χ4n) is 3.17. The number of aliphatic hydroxyl groups is 1.